The highest BCUT2D eigenvalue weighted by atomic mass is 16.6. The van der Waals surface area contributed by atoms with Crippen LogP contribution in [0.25, 0.3) is 6.08 Å². The lowest BCUT2D eigenvalue weighted by Crippen LogP contribution is -2.34. The fourth-order valence-electron chi connectivity index (χ4n) is 2.38. The summed E-state index contributed by atoms with van der Waals surface area (Å²) in [5.41, 5.74) is 1.70. The second-order valence-electron chi connectivity index (χ2n) is 6.11. The van der Waals surface area contributed by atoms with E-state index < -0.39 is 10.8 Å². The third-order valence-electron chi connectivity index (χ3n) is 3.98. The molecule has 0 heterocycles. The molecule has 0 aliphatic carbocycles. The van der Waals surface area contributed by atoms with Gasteiger partial charge in [0, 0.05) is 25.3 Å². The zero-order valence-corrected chi connectivity index (χ0v) is 15.8. The molecule has 2 amide bonds. The Morgan fingerprint density at radius 3 is 2.68 bits per heavy atom. The molecule has 2 aromatic rings. The lowest BCUT2D eigenvalue weighted by Gasteiger charge is -2.15. The predicted octanol–water partition coefficient (Wildman–Crippen LogP) is 3.02. The van der Waals surface area contributed by atoms with Crippen LogP contribution in [0.4, 0.5) is 11.4 Å². The summed E-state index contributed by atoms with van der Waals surface area (Å²) in [5, 5.41) is 13.5. The van der Waals surface area contributed by atoms with E-state index in [0.717, 1.165) is 5.56 Å². The number of carbonyl (C=O) groups excluding carboxylic acids is 2. The van der Waals surface area contributed by atoms with E-state index in [4.69, 9.17) is 4.74 Å². The van der Waals surface area contributed by atoms with E-state index in [-0.39, 0.29) is 18.1 Å². The fraction of sp³-hybridized carbons (Fsp3) is 0.200. The Kier molecular flexibility index (Phi) is 6.86. The van der Waals surface area contributed by atoms with Crippen LogP contribution in [0.15, 0.2) is 48.5 Å². The maximum Gasteiger partial charge on any atom is 0.271 e. The first kappa shape index (κ1) is 20.6. The number of likely N-dealkylation sites (N-methyl/N-ethyl adjacent to an activating group) is 1. The molecule has 0 unspecified atom stereocenters. The zero-order chi connectivity index (χ0) is 20.7. The molecule has 8 heteroatoms. The molecule has 0 aliphatic rings. The molecule has 2 rings (SSSR count). The number of nitro benzene ring substituents is 1. The Balaban J connectivity index is 1.98. The van der Waals surface area contributed by atoms with E-state index in [2.05, 4.69) is 5.32 Å². The van der Waals surface area contributed by atoms with Crippen molar-refractivity contribution in [3.05, 3.63) is 69.8 Å². The number of hydrogen-bond acceptors (Lipinski definition) is 5. The van der Waals surface area contributed by atoms with Crippen LogP contribution < -0.4 is 10.1 Å². The van der Waals surface area contributed by atoms with Crippen LogP contribution >= 0.6 is 0 Å². The van der Waals surface area contributed by atoms with Crippen LogP contribution in [0.2, 0.25) is 0 Å². The highest BCUT2D eigenvalue weighted by Gasteiger charge is 2.14. The van der Waals surface area contributed by atoms with Crippen LogP contribution in [0, 0.1) is 17.0 Å². The first-order valence-electron chi connectivity index (χ1n) is 8.42. The quantitative estimate of drug-likeness (QED) is 0.450. The van der Waals surface area contributed by atoms with E-state index in [1.165, 1.54) is 30.2 Å². The second-order valence-corrected chi connectivity index (χ2v) is 6.11. The zero-order valence-electron chi connectivity index (χ0n) is 15.8. The lowest BCUT2D eigenvalue weighted by atomic mass is 10.2. The molecule has 146 valence electrons. The van der Waals surface area contributed by atoms with Crippen molar-refractivity contribution < 1.29 is 19.2 Å². The van der Waals surface area contributed by atoms with Gasteiger partial charge in [0.15, 0.2) is 0 Å². The van der Waals surface area contributed by atoms with Crippen molar-refractivity contribution in [1.29, 1.82) is 0 Å². The monoisotopic (exact) mass is 383 g/mol. The fourth-order valence-corrected chi connectivity index (χ4v) is 2.38. The summed E-state index contributed by atoms with van der Waals surface area (Å²) in [7, 11) is 3.06. The molecule has 2 aromatic carbocycles. The van der Waals surface area contributed by atoms with E-state index in [0.29, 0.717) is 17.0 Å². The summed E-state index contributed by atoms with van der Waals surface area (Å²) in [6.45, 7) is 1.54. The molecular weight excluding hydrogens is 362 g/mol. The molecule has 28 heavy (non-hydrogen) atoms. The number of amides is 2. The number of carbonyl (C=O) groups is 2. The summed E-state index contributed by atoms with van der Waals surface area (Å²) >= 11 is 0. The minimum absolute atomic E-state index is 0.119. The molecule has 0 saturated heterocycles. The van der Waals surface area contributed by atoms with Gasteiger partial charge in [-0.1, -0.05) is 18.2 Å². The number of nitrogens with one attached hydrogen (secondary N) is 1. The van der Waals surface area contributed by atoms with Crippen molar-refractivity contribution in [2.24, 2.45) is 0 Å². The first-order chi connectivity index (χ1) is 13.3. The minimum atomic E-state index is -0.534. The van der Waals surface area contributed by atoms with Crippen LogP contribution in [0.5, 0.6) is 5.75 Å². The number of ether oxygens (including phenoxy) is 1. The number of rotatable bonds is 7. The molecule has 8 nitrogen and oxygen atoms in total. The van der Waals surface area contributed by atoms with Crippen LogP contribution in [0.3, 0.4) is 0 Å². The average molecular weight is 383 g/mol. The van der Waals surface area contributed by atoms with Gasteiger partial charge in [0.1, 0.15) is 5.75 Å². The Labute approximate surface area is 162 Å². The summed E-state index contributed by atoms with van der Waals surface area (Å²) in [6.07, 6.45) is 2.99. The molecule has 0 bridgehead atoms. The summed E-state index contributed by atoms with van der Waals surface area (Å²) < 4.78 is 5.13. The Bertz CT molecular complexity index is 924. The van der Waals surface area contributed by atoms with Crippen LogP contribution in [-0.4, -0.2) is 42.3 Å². The van der Waals surface area contributed by atoms with Crippen LogP contribution in [-0.2, 0) is 9.59 Å². The number of nitrogens with zero attached hydrogens (tertiary/aromatic N) is 2. The normalized spacial score (nSPS) is 10.5. The predicted molar refractivity (Wildman–Crippen MR) is 106 cm³/mol. The van der Waals surface area contributed by atoms with Gasteiger partial charge < -0.3 is 15.0 Å². The Hall–Kier alpha value is -3.68. The van der Waals surface area contributed by atoms with Crippen molar-refractivity contribution in [3.8, 4) is 5.75 Å². The molecule has 0 spiro atoms. The smallest absolute Gasteiger partial charge is 0.271 e. The molecule has 0 saturated carbocycles. The highest BCUT2D eigenvalue weighted by Crippen LogP contribution is 2.21. The van der Waals surface area contributed by atoms with Gasteiger partial charge in [0.2, 0.25) is 11.8 Å². The van der Waals surface area contributed by atoms with Gasteiger partial charge >= 0.3 is 0 Å². The van der Waals surface area contributed by atoms with Gasteiger partial charge in [-0.05, 0) is 36.3 Å². The number of anilines is 1. The molecule has 1 N–H and O–H groups in total. The molecule has 0 atom stereocenters. The number of hydrogen-bond donors (Lipinski definition) is 1. The molecule has 0 radical (unpaired) electrons. The van der Waals surface area contributed by atoms with Gasteiger partial charge in [-0.25, -0.2) is 0 Å². The topological polar surface area (TPSA) is 102 Å². The first-order valence-corrected chi connectivity index (χ1v) is 8.42. The number of aryl methyl sites for hydroxylation is 1. The minimum Gasteiger partial charge on any atom is -0.497 e. The summed E-state index contributed by atoms with van der Waals surface area (Å²) in [6, 6.07) is 11.4. The van der Waals surface area contributed by atoms with Crippen molar-refractivity contribution in [2.75, 3.05) is 26.0 Å². The van der Waals surface area contributed by atoms with Crippen LogP contribution in [0.1, 0.15) is 11.1 Å². The SMILES string of the molecule is COc1cccc(/C=C/C(=O)N(C)CC(=O)Nc2cc([N+](=O)[O-])ccc2C)c1. The molecule has 0 aliphatic heterocycles. The van der Waals surface area contributed by atoms with Gasteiger partial charge in [-0.3, -0.25) is 19.7 Å². The summed E-state index contributed by atoms with van der Waals surface area (Å²) in [5.74, 6) is -0.127. The van der Waals surface area contributed by atoms with E-state index in [9.17, 15) is 19.7 Å². The molecule has 0 aromatic heterocycles. The Morgan fingerprint density at radius 1 is 1.25 bits per heavy atom. The van der Waals surface area contributed by atoms with E-state index in [1.807, 2.05) is 12.1 Å². The molecule has 0 fully saturated rings. The number of methoxy groups -OCH3 is 1. The maximum absolute atomic E-state index is 12.2. The molecular formula is C20H21N3O5. The number of nitro groups is 1. The van der Waals surface area contributed by atoms with Gasteiger partial charge in [0.05, 0.1) is 24.3 Å². The van der Waals surface area contributed by atoms with E-state index in [1.54, 1.807) is 38.3 Å². The second kappa shape index (κ2) is 9.31. The van der Waals surface area contributed by atoms with Gasteiger partial charge in [-0.15, -0.1) is 0 Å². The highest BCUT2D eigenvalue weighted by molar-refractivity contribution is 5.98. The lowest BCUT2D eigenvalue weighted by molar-refractivity contribution is -0.384. The van der Waals surface area contributed by atoms with E-state index >= 15 is 0 Å². The summed E-state index contributed by atoms with van der Waals surface area (Å²) in [4.78, 5) is 36.0. The number of non-ortho nitro benzene ring substituents is 1. The van der Waals surface area contributed by atoms with Crippen molar-refractivity contribution >= 4 is 29.3 Å². The maximum atomic E-state index is 12.2. The van der Waals surface area contributed by atoms with Crippen molar-refractivity contribution in [1.82, 2.24) is 4.90 Å². The van der Waals surface area contributed by atoms with Crippen molar-refractivity contribution in [2.45, 2.75) is 6.92 Å². The number of benzene rings is 2. The Morgan fingerprint density at radius 2 is 2.00 bits per heavy atom. The largest absolute Gasteiger partial charge is 0.497 e. The standard InChI is InChI=1S/C20H21N3O5/c1-14-7-9-16(23(26)27)12-18(14)21-19(24)13-22(2)20(25)10-8-15-5-4-6-17(11-15)28-3/h4-12H,13H2,1-3H3,(H,21,24)/b10-8+. The third kappa shape index (κ3) is 5.66. The average Bonchev–Trinajstić information content (AvgIpc) is 2.67. The van der Waals surface area contributed by atoms with Gasteiger partial charge in [-0.2, -0.15) is 0 Å². The third-order valence-corrected chi connectivity index (χ3v) is 3.98. The van der Waals surface area contributed by atoms with Crippen molar-refractivity contribution in [3.63, 3.8) is 0 Å². The van der Waals surface area contributed by atoms with Gasteiger partial charge in [0.25, 0.3) is 5.69 Å².